The number of hydrogen-bond donors (Lipinski definition) is 1. The van der Waals surface area contributed by atoms with Crippen LogP contribution in [0.1, 0.15) is 25.0 Å². The lowest BCUT2D eigenvalue weighted by Crippen LogP contribution is -2.19. The van der Waals surface area contributed by atoms with Gasteiger partial charge in [0, 0.05) is 12.1 Å². The third-order valence-corrected chi connectivity index (χ3v) is 3.22. The molecule has 0 amide bonds. The van der Waals surface area contributed by atoms with Crippen molar-refractivity contribution in [3.8, 4) is 11.5 Å². The Morgan fingerprint density at radius 2 is 1.86 bits per heavy atom. The molecule has 2 aromatic carbocycles. The predicted molar refractivity (Wildman–Crippen MR) is 84.2 cm³/mol. The summed E-state index contributed by atoms with van der Waals surface area (Å²) >= 11 is 0. The fourth-order valence-corrected chi connectivity index (χ4v) is 2.08. The molecule has 0 aliphatic heterocycles. The summed E-state index contributed by atoms with van der Waals surface area (Å²) in [5.41, 5.74) is 1.82. The van der Waals surface area contributed by atoms with Gasteiger partial charge < -0.3 is 10.1 Å². The number of para-hydroxylation sites is 2. The Kier molecular flexibility index (Phi) is 5.34. The van der Waals surface area contributed by atoms with E-state index in [1.165, 1.54) is 6.07 Å². The van der Waals surface area contributed by atoms with E-state index in [2.05, 4.69) is 19.2 Å². The summed E-state index contributed by atoms with van der Waals surface area (Å²) in [5.74, 6) is 1.22. The van der Waals surface area contributed by atoms with Crippen LogP contribution in [0.5, 0.6) is 11.5 Å². The number of benzene rings is 2. The molecule has 0 fully saturated rings. The molecule has 0 heterocycles. The Bertz CT molecular complexity index is 596. The molecular formula is C18H22FNO. The van der Waals surface area contributed by atoms with E-state index in [-0.39, 0.29) is 5.82 Å². The molecule has 0 spiro atoms. The summed E-state index contributed by atoms with van der Waals surface area (Å²) in [7, 11) is 0. The van der Waals surface area contributed by atoms with Gasteiger partial charge in [0.1, 0.15) is 5.75 Å². The lowest BCUT2D eigenvalue weighted by atomic mass is 10.1. The number of nitrogens with one attached hydrogen (secondary N) is 1. The summed E-state index contributed by atoms with van der Waals surface area (Å²) < 4.78 is 19.9. The number of aryl methyl sites for hydroxylation is 1. The second-order valence-corrected chi connectivity index (χ2v) is 5.62. The molecule has 0 bridgehead atoms. The molecule has 0 aliphatic carbocycles. The van der Waals surface area contributed by atoms with E-state index >= 15 is 0 Å². The largest absolute Gasteiger partial charge is 0.454 e. The molecule has 2 rings (SSSR count). The highest BCUT2D eigenvalue weighted by atomic mass is 19.1. The first-order valence-electron chi connectivity index (χ1n) is 7.29. The molecular weight excluding hydrogens is 265 g/mol. The van der Waals surface area contributed by atoms with Crippen LogP contribution in [-0.4, -0.2) is 6.54 Å². The summed E-state index contributed by atoms with van der Waals surface area (Å²) in [6.07, 6.45) is 0. The van der Waals surface area contributed by atoms with Crippen LogP contribution >= 0.6 is 0 Å². The highest BCUT2D eigenvalue weighted by molar-refractivity contribution is 5.41. The zero-order chi connectivity index (χ0) is 15.2. The van der Waals surface area contributed by atoms with Crippen molar-refractivity contribution in [2.45, 2.75) is 27.3 Å². The fourth-order valence-electron chi connectivity index (χ4n) is 2.08. The Morgan fingerprint density at radius 1 is 1.10 bits per heavy atom. The van der Waals surface area contributed by atoms with E-state index in [1.54, 1.807) is 6.07 Å². The molecule has 0 aliphatic rings. The van der Waals surface area contributed by atoms with Crippen LogP contribution in [0.15, 0.2) is 42.5 Å². The average Bonchev–Trinajstić information content (AvgIpc) is 2.44. The zero-order valence-electron chi connectivity index (χ0n) is 12.8. The van der Waals surface area contributed by atoms with Crippen LogP contribution in [0.25, 0.3) is 0 Å². The van der Waals surface area contributed by atoms with Gasteiger partial charge in [-0.25, -0.2) is 4.39 Å². The van der Waals surface area contributed by atoms with E-state index in [0.717, 1.165) is 17.7 Å². The maximum Gasteiger partial charge on any atom is 0.167 e. The highest BCUT2D eigenvalue weighted by Gasteiger charge is 2.12. The van der Waals surface area contributed by atoms with Gasteiger partial charge in [-0.1, -0.05) is 44.2 Å². The molecule has 2 nitrogen and oxygen atoms in total. The number of ether oxygens (including phenoxy) is 1. The molecule has 112 valence electrons. The molecule has 2 aromatic rings. The second-order valence-electron chi connectivity index (χ2n) is 5.62. The van der Waals surface area contributed by atoms with Gasteiger partial charge in [0.05, 0.1) is 0 Å². The van der Waals surface area contributed by atoms with Crippen LogP contribution in [0.3, 0.4) is 0 Å². The standard InChI is InChI=1S/C18H22FNO/c1-13(2)11-20-12-15-8-6-9-16(19)18(15)21-17-10-5-4-7-14(17)3/h4-10,13,20H,11-12H2,1-3H3. The highest BCUT2D eigenvalue weighted by Crippen LogP contribution is 2.30. The van der Waals surface area contributed by atoms with E-state index in [1.807, 2.05) is 37.3 Å². The summed E-state index contributed by atoms with van der Waals surface area (Å²) in [4.78, 5) is 0. The third-order valence-electron chi connectivity index (χ3n) is 3.22. The minimum Gasteiger partial charge on any atom is -0.454 e. The zero-order valence-corrected chi connectivity index (χ0v) is 12.8. The molecule has 0 saturated heterocycles. The number of hydrogen-bond acceptors (Lipinski definition) is 2. The first-order chi connectivity index (χ1) is 10.1. The van der Waals surface area contributed by atoms with Gasteiger partial charge in [0.25, 0.3) is 0 Å². The van der Waals surface area contributed by atoms with Crippen molar-refractivity contribution >= 4 is 0 Å². The van der Waals surface area contributed by atoms with E-state index < -0.39 is 0 Å². The van der Waals surface area contributed by atoms with Gasteiger partial charge in [-0.3, -0.25) is 0 Å². The average molecular weight is 287 g/mol. The summed E-state index contributed by atoms with van der Waals surface area (Å²) in [5, 5.41) is 3.32. The Morgan fingerprint density at radius 3 is 2.57 bits per heavy atom. The molecule has 0 saturated carbocycles. The van der Waals surface area contributed by atoms with Crippen molar-refractivity contribution in [2.75, 3.05) is 6.54 Å². The minimum absolute atomic E-state index is 0.308. The van der Waals surface area contributed by atoms with E-state index in [0.29, 0.717) is 24.0 Å². The lowest BCUT2D eigenvalue weighted by Gasteiger charge is -2.14. The van der Waals surface area contributed by atoms with Crippen LogP contribution in [0, 0.1) is 18.7 Å². The number of rotatable bonds is 6. The van der Waals surface area contributed by atoms with Gasteiger partial charge in [-0.2, -0.15) is 0 Å². The van der Waals surface area contributed by atoms with Crippen molar-refractivity contribution in [1.82, 2.24) is 5.32 Å². The summed E-state index contributed by atoms with van der Waals surface area (Å²) in [6.45, 7) is 7.72. The molecule has 3 heteroatoms. The molecule has 21 heavy (non-hydrogen) atoms. The van der Waals surface area contributed by atoms with E-state index in [9.17, 15) is 4.39 Å². The SMILES string of the molecule is Cc1ccccc1Oc1c(F)cccc1CNCC(C)C. The maximum absolute atomic E-state index is 14.1. The monoisotopic (exact) mass is 287 g/mol. The molecule has 0 aromatic heterocycles. The molecule has 0 radical (unpaired) electrons. The van der Waals surface area contributed by atoms with Crippen LogP contribution in [-0.2, 0) is 6.54 Å². The van der Waals surface area contributed by atoms with E-state index in [4.69, 9.17) is 4.74 Å². The van der Waals surface area contributed by atoms with Crippen LogP contribution < -0.4 is 10.1 Å². The van der Waals surface area contributed by atoms with Gasteiger partial charge in [0.2, 0.25) is 0 Å². The lowest BCUT2D eigenvalue weighted by molar-refractivity contribution is 0.429. The minimum atomic E-state index is -0.331. The first kappa shape index (κ1) is 15.5. The van der Waals surface area contributed by atoms with Gasteiger partial charge in [0.15, 0.2) is 11.6 Å². The van der Waals surface area contributed by atoms with Crippen LogP contribution in [0.2, 0.25) is 0 Å². The Labute approximate surface area is 126 Å². The quantitative estimate of drug-likeness (QED) is 0.833. The molecule has 0 unspecified atom stereocenters. The van der Waals surface area contributed by atoms with Gasteiger partial charge in [-0.15, -0.1) is 0 Å². The normalized spacial score (nSPS) is 10.9. The topological polar surface area (TPSA) is 21.3 Å². The van der Waals surface area contributed by atoms with Crippen molar-refractivity contribution in [2.24, 2.45) is 5.92 Å². The third kappa shape index (κ3) is 4.30. The fraction of sp³-hybridized carbons (Fsp3) is 0.333. The maximum atomic E-state index is 14.1. The predicted octanol–water partition coefficient (Wildman–Crippen LogP) is 4.67. The van der Waals surface area contributed by atoms with Gasteiger partial charge >= 0.3 is 0 Å². The van der Waals surface area contributed by atoms with Crippen molar-refractivity contribution < 1.29 is 9.13 Å². The first-order valence-corrected chi connectivity index (χ1v) is 7.29. The molecule has 0 atom stereocenters. The Hall–Kier alpha value is -1.87. The number of halogens is 1. The second kappa shape index (κ2) is 7.23. The van der Waals surface area contributed by atoms with Crippen LogP contribution in [0.4, 0.5) is 4.39 Å². The van der Waals surface area contributed by atoms with Gasteiger partial charge in [-0.05, 0) is 37.1 Å². The van der Waals surface area contributed by atoms with Crippen molar-refractivity contribution in [3.63, 3.8) is 0 Å². The Balaban J connectivity index is 2.20. The van der Waals surface area contributed by atoms with Crippen molar-refractivity contribution in [3.05, 3.63) is 59.4 Å². The smallest absolute Gasteiger partial charge is 0.167 e. The summed E-state index contributed by atoms with van der Waals surface area (Å²) in [6, 6.07) is 12.7. The van der Waals surface area contributed by atoms with Crippen molar-refractivity contribution in [1.29, 1.82) is 0 Å². The molecule has 1 N–H and O–H groups in total.